The first-order valence-electron chi connectivity index (χ1n) is 7.09. The lowest BCUT2D eigenvalue weighted by Crippen LogP contribution is -2.51. The van der Waals surface area contributed by atoms with Crippen LogP contribution in [0, 0.1) is 0 Å². The third kappa shape index (κ3) is 3.35. The maximum Gasteiger partial charge on any atom is 0.323 e. The summed E-state index contributed by atoms with van der Waals surface area (Å²) in [6.45, 7) is 1.14. The zero-order valence-corrected chi connectivity index (χ0v) is 13.1. The van der Waals surface area contributed by atoms with Crippen LogP contribution in [0.25, 0.3) is 0 Å². The van der Waals surface area contributed by atoms with Crippen LogP contribution in [0.4, 0.5) is 10.6 Å². The minimum atomic E-state index is -3.51. The van der Waals surface area contributed by atoms with E-state index < -0.39 is 10.0 Å². The number of aromatic nitrogens is 1. The van der Waals surface area contributed by atoms with Crippen molar-refractivity contribution in [3.05, 3.63) is 42.7 Å². The summed E-state index contributed by atoms with van der Waals surface area (Å²) in [5.41, 5.74) is 0. The monoisotopic (exact) mass is 336 g/mol. The molecule has 3 rings (SSSR count). The fourth-order valence-electron chi connectivity index (χ4n) is 2.34. The number of piperazine rings is 1. The van der Waals surface area contributed by atoms with Crippen molar-refractivity contribution in [2.75, 3.05) is 31.5 Å². The molecule has 2 aromatic rings. The lowest BCUT2D eigenvalue weighted by atomic mass is 10.4. The van der Waals surface area contributed by atoms with E-state index in [1.54, 1.807) is 35.2 Å². The summed E-state index contributed by atoms with van der Waals surface area (Å²) < 4.78 is 31.0. The van der Waals surface area contributed by atoms with Gasteiger partial charge in [0.05, 0.1) is 4.90 Å². The summed E-state index contributed by atoms with van der Waals surface area (Å²) in [4.78, 5) is 13.9. The molecule has 0 saturated carbocycles. The lowest BCUT2D eigenvalue weighted by Gasteiger charge is -2.33. The zero-order valence-electron chi connectivity index (χ0n) is 12.3. The van der Waals surface area contributed by atoms with E-state index in [1.807, 2.05) is 0 Å². The Morgan fingerprint density at radius 1 is 1.09 bits per heavy atom. The number of hydrogen-bond donors (Lipinski definition) is 1. The minimum Gasteiger partial charge on any atom is -0.363 e. The summed E-state index contributed by atoms with van der Waals surface area (Å²) in [5, 5.41) is 6.20. The van der Waals surface area contributed by atoms with Crippen LogP contribution in [-0.4, -0.2) is 55.0 Å². The van der Waals surface area contributed by atoms with Crippen molar-refractivity contribution in [1.82, 2.24) is 14.4 Å². The maximum atomic E-state index is 12.5. The SMILES string of the molecule is O=C(Nc1ccon1)N1CCN(S(=O)(=O)c2ccccc2)CC1. The van der Waals surface area contributed by atoms with Crippen molar-refractivity contribution in [1.29, 1.82) is 0 Å². The molecule has 9 heteroatoms. The van der Waals surface area contributed by atoms with Crippen molar-refractivity contribution < 1.29 is 17.7 Å². The molecule has 1 aromatic carbocycles. The van der Waals surface area contributed by atoms with Crippen LogP contribution >= 0.6 is 0 Å². The van der Waals surface area contributed by atoms with Crippen molar-refractivity contribution in [3.63, 3.8) is 0 Å². The number of amides is 2. The van der Waals surface area contributed by atoms with Crippen LogP contribution in [-0.2, 0) is 10.0 Å². The van der Waals surface area contributed by atoms with Gasteiger partial charge in [0.2, 0.25) is 10.0 Å². The average molecular weight is 336 g/mol. The fourth-order valence-corrected chi connectivity index (χ4v) is 3.78. The van der Waals surface area contributed by atoms with E-state index >= 15 is 0 Å². The number of rotatable bonds is 3. The van der Waals surface area contributed by atoms with E-state index in [9.17, 15) is 13.2 Å². The fraction of sp³-hybridized carbons (Fsp3) is 0.286. The largest absolute Gasteiger partial charge is 0.363 e. The lowest BCUT2D eigenvalue weighted by molar-refractivity contribution is 0.184. The zero-order chi connectivity index (χ0) is 16.3. The summed E-state index contributed by atoms with van der Waals surface area (Å²) >= 11 is 0. The third-order valence-corrected chi connectivity index (χ3v) is 5.49. The number of carbonyl (C=O) groups excluding carboxylic acids is 1. The van der Waals surface area contributed by atoms with Gasteiger partial charge in [-0.2, -0.15) is 4.31 Å². The summed E-state index contributed by atoms with van der Waals surface area (Å²) in [6.07, 6.45) is 1.36. The van der Waals surface area contributed by atoms with Crippen LogP contribution in [0.15, 0.2) is 52.1 Å². The average Bonchev–Trinajstić information content (AvgIpc) is 3.09. The molecule has 1 N–H and O–H groups in total. The first-order valence-corrected chi connectivity index (χ1v) is 8.53. The van der Waals surface area contributed by atoms with Gasteiger partial charge in [-0.05, 0) is 12.1 Å². The molecule has 0 spiro atoms. The Labute approximate surface area is 133 Å². The molecular formula is C14H16N4O4S. The minimum absolute atomic E-state index is 0.253. The second-order valence-electron chi connectivity index (χ2n) is 5.02. The molecule has 122 valence electrons. The van der Waals surface area contributed by atoms with E-state index in [2.05, 4.69) is 15.0 Å². The second kappa shape index (κ2) is 6.39. The van der Waals surface area contributed by atoms with Gasteiger partial charge in [0.1, 0.15) is 6.26 Å². The predicted molar refractivity (Wildman–Crippen MR) is 82.3 cm³/mol. The van der Waals surface area contributed by atoms with Gasteiger partial charge in [0.25, 0.3) is 0 Å². The molecule has 0 radical (unpaired) electrons. The molecular weight excluding hydrogens is 320 g/mol. The molecule has 8 nitrogen and oxygen atoms in total. The highest BCUT2D eigenvalue weighted by Crippen LogP contribution is 2.17. The molecule has 1 aliphatic rings. The van der Waals surface area contributed by atoms with Crippen molar-refractivity contribution in [3.8, 4) is 0 Å². The molecule has 0 atom stereocenters. The van der Waals surface area contributed by atoms with Crippen LogP contribution in [0.2, 0.25) is 0 Å². The summed E-state index contributed by atoms with van der Waals surface area (Å²) in [7, 11) is -3.51. The van der Waals surface area contributed by atoms with Crippen molar-refractivity contribution in [2.24, 2.45) is 0 Å². The Morgan fingerprint density at radius 3 is 2.39 bits per heavy atom. The highest BCUT2D eigenvalue weighted by molar-refractivity contribution is 7.89. The number of anilines is 1. The van der Waals surface area contributed by atoms with Crippen LogP contribution in [0.5, 0.6) is 0 Å². The van der Waals surface area contributed by atoms with Crippen molar-refractivity contribution in [2.45, 2.75) is 4.90 Å². The number of urea groups is 1. The number of benzene rings is 1. The quantitative estimate of drug-likeness (QED) is 0.909. The van der Waals surface area contributed by atoms with E-state index in [-0.39, 0.29) is 24.0 Å². The first-order chi connectivity index (χ1) is 11.1. The molecule has 0 bridgehead atoms. The van der Waals surface area contributed by atoms with Crippen molar-refractivity contribution >= 4 is 21.9 Å². The smallest absolute Gasteiger partial charge is 0.323 e. The highest BCUT2D eigenvalue weighted by Gasteiger charge is 2.30. The molecule has 1 aromatic heterocycles. The molecule has 2 amide bonds. The number of nitrogens with zero attached hydrogens (tertiary/aromatic N) is 3. The van der Waals surface area contributed by atoms with E-state index in [0.717, 1.165) is 0 Å². The van der Waals surface area contributed by atoms with Gasteiger partial charge in [0.15, 0.2) is 5.82 Å². The Hall–Kier alpha value is -2.39. The molecule has 1 saturated heterocycles. The standard InChI is InChI=1S/C14H16N4O4S/c19-14(15-13-6-11-22-16-13)17-7-9-18(10-8-17)23(20,21)12-4-2-1-3-5-12/h1-6,11H,7-10H2,(H,15,16,19). The molecule has 0 aliphatic carbocycles. The van der Waals surface area contributed by atoms with Gasteiger partial charge >= 0.3 is 6.03 Å². The second-order valence-corrected chi connectivity index (χ2v) is 6.96. The predicted octanol–water partition coefficient (Wildman–Crippen LogP) is 1.21. The Balaban J connectivity index is 1.61. The summed E-state index contributed by atoms with van der Waals surface area (Å²) in [5.74, 6) is 0.328. The number of nitrogens with one attached hydrogen (secondary N) is 1. The van der Waals surface area contributed by atoms with Gasteiger partial charge in [-0.1, -0.05) is 23.4 Å². The Kier molecular flexibility index (Phi) is 4.30. The van der Waals surface area contributed by atoms with Gasteiger partial charge < -0.3 is 9.42 Å². The number of hydrogen-bond acceptors (Lipinski definition) is 5. The Bertz CT molecular complexity index is 753. The van der Waals surface area contributed by atoms with Gasteiger partial charge in [0, 0.05) is 32.2 Å². The van der Waals surface area contributed by atoms with Crippen LogP contribution in [0.3, 0.4) is 0 Å². The van der Waals surface area contributed by atoms with E-state index in [4.69, 9.17) is 0 Å². The summed E-state index contributed by atoms with van der Waals surface area (Å²) in [6, 6.07) is 9.50. The van der Waals surface area contributed by atoms with Crippen LogP contribution in [0.1, 0.15) is 0 Å². The third-order valence-electron chi connectivity index (χ3n) is 3.58. The number of carbonyl (C=O) groups is 1. The molecule has 23 heavy (non-hydrogen) atoms. The first kappa shape index (κ1) is 15.5. The maximum absolute atomic E-state index is 12.5. The van der Waals surface area contributed by atoms with Gasteiger partial charge in [-0.3, -0.25) is 5.32 Å². The highest BCUT2D eigenvalue weighted by atomic mass is 32.2. The van der Waals surface area contributed by atoms with Gasteiger partial charge in [-0.25, -0.2) is 13.2 Å². The molecule has 1 fully saturated rings. The van der Waals surface area contributed by atoms with Crippen LogP contribution < -0.4 is 5.32 Å². The van der Waals surface area contributed by atoms with E-state index in [0.29, 0.717) is 18.9 Å². The van der Waals surface area contributed by atoms with Gasteiger partial charge in [-0.15, -0.1) is 0 Å². The normalized spacial score (nSPS) is 16.3. The van der Waals surface area contributed by atoms with E-state index in [1.165, 1.54) is 16.6 Å². The molecule has 0 unspecified atom stereocenters. The Morgan fingerprint density at radius 2 is 1.78 bits per heavy atom. The number of sulfonamides is 1. The topological polar surface area (TPSA) is 95.8 Å². The molecule has 1 aliphatic heterocycles. The molecule has 2 heterocycles.